The summed E-state index contributed by atoms with van der Waals surface area (Å²) in [5, 5.41) is 17.4. The Morgan fingerprint density at radius 3 is 1.02 bits per heavy atom. The summed E-state index contributed by atoms with van der Waals surface area (Å²) in [5.74, 6) is -0.787. The summed E-state index contributed by atoms with van der Waals surface area (Å²) in [6, 6.07) is 96.9. The van der Waals surface area contributed by atoms with E-state index in [0.717, 1.165) is 99.0 Å². The molecule has 7 nitrogen and oxygen atoms in total. The maximum atomic E-state index is 13.9. The molecular weight excluding hydrogens is 1000 g/mol. The molecule has 0 spiro atoms. The van der Waals surface area contributed by atoms with E-state index >= 15 is 0 Å². The molecule has 0 unspecified atom stereocenters. The lowest BCUT2D eigenvalue weighted by molar-refractivity contribution is 0.0926. The number of aromatic nitrogens is 3. The first-order valence-corrected chi connectivity index (χ1v) is 27.5. The second-order valence-electron chi connectivity index (χ2n) is 21.1. The first-order valence-electron chi connectivity index (χ1n) is 27.5. The fourth-order valence-corrected chi connectivity index (χ4v) is 12.7. The van der Waals surface area contributed by atoms with Crippen LogP contribution in [0, 0.1) is 11.3 Å². The smallest absolute Gasteiger partial charge is 0.266 e. The predicted octanol–water partition coefficient (Wildman–Crippen LogP) is 18.3. The molecule has 0 fully saturated rings. The number of rotatable bonds is 8. The van der Waals surface area contributed by atoms with E-state index in [1.165, 1.54) is 27.2 Å². The van der Waals surface area contributed by atoms with Crippen molar-refractivity contribution in [3.63, 3.8) is 0 Å². The maximum Gasteiger partial charge on any atom is 0.266 e. The molecule has 0 bridgehead atoms. The molecule has 3 aromatic heterocycles. The highest BCUT2D eigenvalue weighted by Gasteiger charge is 2.37. The van der Waals surface area contributed by atoms with Crippen molar-refractivity contribution >= 4 is 82.9 Å². The van der Waals surface area contributed by atoms with Crippen LogP contribution in [0.3, 0.4) is 0 Å². The van der Waals surface area contributed by atoms with Crippen LogP contribution >= 0.6 is 0 Å². The van der Waals surface area contributed by atoms with Crippen molar-refractivity contribution in [2.24, 2.45) is 0 Å². The quantitative estimate of drug-likeness (QED) is 0.142. The van der Waals surface area contributed by atoms with Crippen molar-refractivity contribution < 1.29 is 9.59 Å². The van der Waals surface area contributed by atoms with E-state index in [2.05, 4.69) is 238 Å². The molecule has 0 aliphatic carbocycles. The number of carbonyl (C=O) groups excluding carboxylic acids is 2. The number of carbonyl (C=O) groups is 2. The van der Waals surface area contributed by atoms with Crippen molar-refractivity contribution in [3.8, 4) is 67.6 Å². The van der Waals surface area contributed by atoms with Crippen molar-refractivity contribution in [2.45, 2.75) is 0 Å². The molecule has 1 aliphatic rings. The van der Waals surface area contributed by atoms with Crippen LogP contribution in [-0.4, -0.2) is 25.5 Å². The summed E-state index contributed by atoms with van der Waals surface area (Å²) >= 11 is 0. The van der Waals surface area contributed by atoms with Gasteiger partial charge < -0.3 is 13.7 Å². The highest BCUT2D eigenvalue weighted by atomic mass is 16.2. The number of para-hydroxylation sites is 2. The van der Waals surface area contributed by atoms with Crippen LogP contribution in [0.1, 0.15) is 26.3 Å². The van der Waals surface area contributed by atoms with Gasteiger partial charge in [0.1, 0.15) is 6.07 Å². The summed E-state index contributed by atoms with van der Waals surface area (Å²) in [6.07, 6.45) is 0. The van der Waals surface area contributed by atoms with Crippen LogP contribution in [0.2, 0.25) is 0 Å². The lowest BCUT2D eigenvalue weighted by atomic mass is 9.98. The van der Waals surface area contributed by atoms with Crippen molar-refractivity contribution in [3.05, 3.63) is 290 Å². The largest absolute Gasteiger partial charge is 0.309 e. The molecule has 7 heteroatoms. The number of imide groups is 1. The van der Waals surface area contributed by atoms with Gasteiger partial charge in [-0.15, -0.1) is 0 Å². The van der Waals surface area contributed by atoms with Crippen LogP contribution in [0.5, 0.6) is 0 Å². The van der Waals surface area contributed by atoms with Gasteiger partial charge in [0.05, 0.1) is 61.2 Å². The van der Waals surface area contributed by atoms with Crippen LogP contribution in [0.4, 0.5) is 5.69 Å². The molecule has 12 aromatic carbocycles. The van der Waals surface area contributed by atoms with E-state index in [1.807, 2.05) is 12.1 Å². The number of hydrogen-bond donors (Lipinski definition) is 0. The van der Waals surface area contributed by atoms with E-state index in [-0.39, 0.29) is 0 Å². The fraction of sp³-hybridized carbons (Fsp3) is 0. The Bertz CT molecular complexity index is 4900. The minimum absolute atomic E-state index is 0.357. The van der Waals surface area contributed by atoms with Gasteiger partial charge in [-0.25, -0.2) is 4.90 Å². The van der Waals surface area contributed by atoms with Gasteiger partial charge in [0, 0.05) is 43.7 Å². The molecule has 15 aromatic rings. The average Bonchev–Trinajstić information content (AvgIpc) is 3.84. The Morgan fingerprint density at radius 2 is 0.598 bits per heavy atom. The van der Waals surface area contributed by atoms with Crippen LogP contribution in [0.25, 0.3) is 127 Å². The zero-order valence-corrected chi connectivity index (χ0v) is 44.0. The molecule has 0 saturated carbocycles. The van der Waals surface area contributed by atoms with Gasteiger partial charge in [-0.05, 0) is 160 Å². The molecule has 2 amide bonds. The average molecular weight is 1050 g/mol. The lowest BCUT2D eigenvalue weighted by Crippen LogP contribution is -2.29. The Kier molecular flexibility index (Phi) is 10.5. The number of amides is 2. The zero-order valence-electron chi connectivity index (χ0n) is 44.0. The second kappa shape index (κ2) is 18.4. The molecule has 16 rings (SSSR count). The topological polar surface area (TPSA) is 76.0 Å². The molecule has 1 aliphatic heterocycles. The molecule has 82 heavy (non-hydrogen) atoms. The second-order valence-corrected chi connectivity index (χ2v) is 21.1. The van der Waals surface area contributed by atoms with Gasteiger partial charge in [-0.3, -0.25) is 9.59 Å². The van der Waals surface area contributed by atoms with Crippen LogP contribution in [-0.2, 0) is 0 Å². The van der Waals surface area contributed by atoms with E-state index in [1.54, 1.807) is 42.5 Å². The normalized spacial score (nSPS) is 12.4. The first-order chi connectivity index (χ1) is 40.5. The number of fused-ring (bicyclic) bond motifs is 10. The molecule has 0 saturated heterocycles. The zero-order chi connectivity index (χ0) is 54.6. The highest BCUT2D eigenvalue weighted by Crippen LogP contribution is 2.43. The van der Waals surface area contributed by atoms with Crippen LogP contribution in [0.15, 0.2) is 273 Å². The molecule has 0 N–H and O–H groups in total. The molecule has 382 valence electrons. The van der Waals surface area contributed by atoms with E-state index in [9.17, 15) is 14.9 Å². The summed E-state index contributed by atoms with van der Waals surface area (Å²) in [5.41, 5.74) is 19.4. The monoisotopic (exact) mass is 1050 g/mol. The Balaban J connectivity index is 0.860. The maximum absolute atomic E-state index is 13.9. The van der Waals surface area contributed by atoms with Gasteiger partial charge in [-0.1, -0.05) is 158 Å². The third kappa shape index (κ3) is 7.22. The van der Waals surface area contributed by atoms with Gasteiger partial charge in [0.2, 0.25) is 0 Å². The van der Waals surface area contributed by atoms with Crippen molar-refractivity contribution in [2.75, 3.05) is 4.90 Å². The van der Waals surface area contributed by atoms with E-state index in [4.69, 9.17) is 0 Å². The summed E-state index contributed by atoms with van der Waals surface area (Å²) in [6.45, 7) is 0. The standard InChI is InChI=1S/C75H45N5O2/c76-46-55-27-36-58(79-74(81)61-19-7-8-20-62(61)75(79)82)45-73(55)80-71-39-30-53(51-28-37-69-63(41-51)59-17-9-11-21-67(59)77(69)56-32-23-49(24-33-56)47-13-3-1-4-14-47)43-65(71)66-44-54(31-40-72(66)80)52-29-38-70-64(42-52)60-18-10-12-22-68(60)78(70)57-34-25-50(26-35-57)48-15-5-2-6-16-48/h1-45H. The fourth-order valence-electron chi connectivity index (χ4n) is 12.7. The predicted molar refractivity (Wildman–Crippen MR) is 334 cm³/mol. The molecular formula is C75H45N5O2. The van der Waals surface area contributed by atoms with Gasteiger partial charge in [0.25, 0.3) is 11.8 Å². The molecule has 4 heterocycles. The Labute approximate surface area is 471 Å². The Morgan fingerprint density at radius 1 is 0.268 bits per heavy atom. The van der Waals surface area contributed by atoms with Gasteiger partial charge in [0.15, 0.2) is 0 Å². The molecule has 0 atom stereocenters. The number of nitrogens with zero attached hydrogens (tertiary/aromatic N) is 5. The minimum Gasteiger partial charge on any atom is -0.309 e. The van der Waals surface area contributed by atoms with Crippen LogP contribution < -0.4 is 4.90 Å². The summed E-state index contributed by atoms with van der Waals surface area (Å²) < 4.78 is 6.81. The lowest BCUT2D eigenvalue weighted by Gasteiger charge is -2.17. The third-order valence-corrected chi connectivity index (χ3v) is 16.6. The van der Waals surface area contributed by atoms with Crippen molar-refractivity contribution in [1.82, 2.24) is 13.7 Å². The van der Waals surface area contributed by atoms with Gasteiger partial charge >= 0.3 is 0 Å². The number of nitriles is 1. The molecule has 0 radical (unpaired) electrons. The highest BCUT2D eigenvalue weighted by molar-refractivity contribution is 6.34. The van der Waals surface area contributed by atoms with E-state index in [0.29, 0.717) is 28.1 Å². The summed E-state index contributed by atoms with van der Waals surface area (Å²) in [7, 11) is 0. The summed E-state index contributed by atoms with van der Waals surface area (Å²) in [4.78, 5) is 29.1. The Hall–Kier alpha value is -11.3. The number of benzene rings is 12. The minimum atomic E-state index is -0.394. The third-order valence-electron chi connectivity index (χ3n) is 16.6. The first kappa shape index (κ1) is 46.7. The van der Waals surface area contributed by atoms with E-state index < -0.39 is 11.8 Å². The van der Waals surface area contributed by atoms with Crippen molar-refractivity contribution in [1.29, 1.82) is 5.26 Å². The number of hydrogen-bond acceptors (Lipinski definition) is 3. The number of anilines is 1. The SMILES string of the molecule is N#Cc1ccc(N2C(=O)c3ccccc3C2=O)cc1-n1c2ccc(-c3ccc4c(c3)c3ccccc3n4-c3ccc(-c4ccccc4)cc3)cc2c2cc(-c3ccc4c(c3)c3ccccc3n4-c3ccc(-c4ccccc4)cc3)ccc21. The van der Waals surface area contributed by atoms with Gasteiger partial charge in [-0.2, -0.15) is 5.26 Å².